The van der Waals surface area contributed by atoms with E-state index in [1.165, 1.54) is 5.57 Å². The predicted molar refractivity (Wildman–Crippen MR) is 84.8 cm³/mol. The van der Waals surface area contributed by atoms with Gasteiger partial charge >= 0.3 is 0 Å². The number of benzene rings is 1. The maximum Gasteiger partial charge on any atom is 0.0895 e. The summed E-state index contributed by atoms with van der Waals surface area (Å²) in [6.45, 7) is 11.5. The molecular formula is C19H26O2. The second kappa shape index (κ2) is 4.96. The summed E-state index contributed by atoms with van der Waals surface area (Å²) in [6, 6.07) is 10.2. The molecule has 3 saturated carbocycles. The van der Waals surface area contributed by atoms with Crippen molar-refractivity contribution >= 4 is 0 Å². The van der Waals surface area contributed by atoms with Gasteiger partial charge in [-0.1, -0.05) is 63.3 Å². The van der Waals surface area contributed by atoms with Crippen LogP contribution in [0.5, 0.6) is 0 Å². The monoisotopic (exact) mass is 286 g/mol. The zero-order valence-corrected chi connectivity index (χ0v) is 13.3. The number of hydrogen-bond donors (Lipinski definition) is 1. The van der Waals surface area contributed by atoms with Gasteiger partial charge in [0.05, 0.1) is 18.8 Å². The number of ether oxygens (including phenoxy) is 1. The smallest absolute Gasteiger partial charge is 0.0895 e. The SMILES string of the molecule is C=C1C(C)(C)[C@@H]2CC[C@@]1(C)[C@@H](O)[C@H]2OCc1ccccc1. The van der Waals surface area contributed by atoms with E-state index in [-0.39, 0.29) is 16.9 Å². The van der Waals surface area contributed by atoms with Crippen molar-refractivity contribution in [2.75, 3.05) is 0 Å². The van der Waals surface area contributed by atoms with E-state index in [1.807, 2.05) is 18.2 Å². The Morgan fingerprint density at radius 2 is 1.90 bits per heavy atom. The Morgan fingerprint density at radius 1 is 1.24 bits per heavy atom. The van der Waals surface area contributed by atoms with Gasteiger partial charge in [-0.2, -0.15) is 0 Å². The van der Waals surface area contributed by atoms with Crippen molar-refractivity contribution in [1.29, 1.82) is 0 Å². The molecule has 3 fully saturated rings. The third kappa shape index (κ3) is 2.16. The fourth-order valence-electron chi connectivity index (χ4n) is 4.38. The standard InChI is InChI=1S/C19H26O2/c1-13-18(2,3)15-10-11-19(13,4)17(20)16(15)21-12-14-8-6-5-7-9-14/h5-9,15-17,20H,1,10-12H2,2-4H3/t15-,16+,17+,19-/m1/s1. The molecule has 2 nitrogen and oxygen atoms in total. The molecule has 0 aromatic heterocycles. The van der Waals surface area contributed by atoms with Crippen LogP contribution in [0.2, 0.25) is 0 Å². The normalized spacial score (nSPS) is 37.7. The fraction of sp³-hybridized carbons (Fsp3) is 0.579. The number of fused-ring (bicyclic) bond motifs is 3. The minimum atomic E-state index is -0.444. The largest absolute Gasteiger partial charge is 0.390 e. The van der Waals surface area contributed by atoms with Gasteiger partial charge in [0.1, 0.15) is 0 Å². The first-order chi connectivity index (χ1) is 9.87. The molecule has 0 radical (unpaired) electrons. The van der Waals surface area contributed by atoms with Crippen LogP contribution in [0.25, 0.3) is 0 Å². The molecule has 21 heavy (non-hydrogen) atoms. The molecule has 0 saturated heterocycles. The van der Waals surface area contributed by atoms with Gasteiger partial charge in [0.2, 0.25) is 0 Å². The van der Waals surface area contributed by atoms with Gasteiger partial charge < -0.3 is 9.84 Å². The van der Waals surface area contributed by atoms with Crippen LogP contribution in [0.3, 0.4) is 0 Å². The van der Waals surface area contributed by atoms with Gasteiger partial charge in [-0.05, 0) is 29.7 Å². The molecule has 2 bridgehead atoms. The number of aliphatic hydroxyl groups is 1. The first-order valence-electron chi connectivity index (χ1n) is 7.91. The van der Waals surface area contributed by atoms with E-state index in [0.29, 0.717) is 12.5 Å². The van der Waals surface area contributed by atoms with Crippen LogP contribution < -0.4 is 0 Å². The molecule has 0 spiro atoms. The van der Waals surface area contributed by atoms with E-state index in [1.54, 1.807) is 0 Å². The van der Waals surface area contributed by atoms with Crippen molar-refractivity contribution in [3.8, 4) is 0 Å². The number of rotatable bonds is 3. The summed E-state index contributed by atoms with van der Waals surface area (Å²) in [5.74, 6) is 0.352. The maximum absolute atomic E-state index is 10.8. The van der Waals surface area contributed by atoms with Crippen LogP contribution in [0.15, 0.2) is 42.5 Å². The molecule has 0 amide bonds. The second-order valence-electron chi connectivity index (χ2n) is 7.47. The highest BCUT2D eigenvalue weighted by Crippen LogP contribution is 2.61. The maximum atomic E-state index is 10.8. The molecule has 1 aromatic carbocycles. The van der Waals surface area contributed by atoms with E-state index >= 15 is 0 Å². The predicted octanol–water partition coefficient (Wildman–Crippen LogP) is 3.95. The Kier molecular flexibility index (Phi) is 3.50. The topological polar surface area (TPSA) is 29.5 Å². The summed E-state index contributed by atoms with van der Waals surface area (Å²) >= 11 is 0. The van der Waals surface area contributed by atoms with E-state index in [4.69, 9.17) is 4.74 Å². The zero-order valence-electron chi connectivity index (χ0n) is 13.3. The van der Waals surface area contributed by atoms with Crippen LogP contribution in [0.4, 0.5) is 0 Å². The first-order valence-corrected chi connectivity index (χ1v) is 7.91. The molecule has 2 heteroatoms. The second-order valence-corrected chi connectivity index (χ2v) is 7.47. The van der Waals surface area contributed by atoms with Gasteiger partial charge in [0, 0.05) is 5.41 Å². The Bertz CT molecular complexity index is 534. The van der Waals surface area contributed by atoms with Crippen LogP contribution in [0, 0.1) is 16.7 Å². The molecule has 3 aliphatic rings. The molecule has 114 valence electrons. The minimum Gasteiger partial charge on any atom is -0.390 e. The summed E-state index contributed by atoms with van der Waals surface area (Å²) in [5, 5.41) is 10.8. The summed E-state index contributed by atoms with van der Waals surface area (Å²) in [7, 11) is 0. The van der Waals surface area contributed by atoms with E-state index in [0.717, 1.165) is 18.4 Å². The van der Waals surface area contributed by atoms with Crippen LogP contribution >= 0.6 is 0 Å². The average molecular weight is 286 g/mol. The summed E-state index contributed by atoms with van der Waals surface area (Å²) in [4.78, 5) is 0. The van der Waals surface area contributed by atoms with Gasteiger partial charge in [-0.3, -0.25) is 0 Å². The summed E-state index contributed by atoms with van der Waals surface area (Å²) < 4.78 is 6.17. The van der Waals surface area contributed by atoms with Crippen LogP contribution in [-0.4, -0.2) is 17.3 Å². The molecule has 0 aliphatic heterocycles. The Morgan fingerprint density at radius 3 is 2.57 bits per heavy atom. The molecule has 3 aliphatic carbocycles. The number of aliphatic hydroxyl groups excluding tert-OH is 1. The fourth-order valence-corrected chi connectivity index (χ4v) is 4.38. The van der Waals surface area contributed by atoms with Crippen molar-refractivity contribution in [3.63, 3.8) is 0 Å². The molecule has 1 aromatic rings. The molecular weight excluding hydrogens is 260 g/mol. The zero-order chi connectivity index (χ0) is 15.3. The Labute approximate surface area is 127 Å². The van der Waals surface area contributed by atoms with Crippen LogP contribution in [0.1, 0.15) is 39.2 Å². The molecule has 4 rings (SSSR count). The lowest BCUT2D eigenvalue weighted by molar-refractivity contribution is -0.188. The van der Waals surface area contributed by atoms with Crippen molar-refractivity contribution in [1.82, 2.24) is 0 Å². The first kappa shape index (κ1) is 14.8. The summed E-state index contributed by atoms with van der Waals surface area (Å²) in [6.07, 6.45) is 1.59. The number of hydrogen-bond acceptors (Lipinski definition) is 2. The lowest BCUT2D eigenvalue weighted by atomic mass is 9.47. The van der Waals surface area contributed by atoms with Gasteiger partial charge in [0.15, 0.2) is 0 Å². The van der Waals surface area contributed by atoms with E-state index in [2.05, 4.69) is 39.5 Å². The van der Waals surface area contributed by atoms with E-state index < -0.39 is 6.10 Å². The Hall–Kier alpha value is -1.12. The molecule has 1 N–H and O–H groups in total. The lowest BCUT2D eigenvalue weighted by Crippen LogP contribution is -2.62. The van der Waals surface area contributed by atoms with Crippen molar-refractivity contribution < 1.29 is 9.84 Å². The quantitative estimate of drug-likeness (QED) is 0.853. The highest BCUT2D eigenvalue weighted by molar-refractivity contribution is 5.30. The van der Waals surface area contributed by atoms with Crippen molar-refractivity contribution in [2.45, 2.75) is 52.4 Å². The third-order valence-electron chi connectivity index (χ3n) is 6.01. The van der Waals surface area contributed by atoms with Crippen LogP contribution in [-0.2, 0) is 11.3 Å². The van der Waals surface area contributed by atoms with Gasteiger partial charge in [0.25, 0.3) is 0 Å². The molecule has 0 heterocycles. The molecule has 0 unspecified atom stereocenters. The van der Waals surface area contributed by atoms with E-state index in [9.17, 15) is 5.11 Å². The average Bonchev–Trinajstić information content (AvgIpc) is 2.47. The third-order valence-corrected chi connectivity index (χ3v) is 6.01. The molecule has 4 atom stereocenters. The summed E-state index contributed by atoms with van der Waals surface area (Å²) in [5.41, 5.74) is 2.18. The highest BCUT2D eigenvalue weighted by atomic mass is 16.5. The van der Waals surface area contributed by atoms with Crippen molar-refractivity contribution in [2.24, 2.45) is 16.7 Å². The Balaban J connectivity index is 1.81. The van der Waals surface area contributed by atoms with Crippen molar-refractivity contribution in [3.05, 3.63) is 48.0 Å². The van der Waals surface area contributed by atoms with Gasteiger partial charge in [-0.25, -0.2) is 0 Å². The minimum absolute atomic E-state index is 0.0353. The lowest BCUT2D eigenvalue weighted by Gasteiger charge is -2.61. The highest BCUT2D eigenvalue weighted by Gasteiger charge is 2.60. The van der Waals surface area contributed by atoms with Gasteiger partial charge in [-0.15, -0.1) is 0 Å².